The first-order valence-electron chi connectivity index (χ1n) is 7.98. The van der Waals surface area contributed by atoms with Crippen LogP contribution in [0, 0.1) is 0 Å². The fraction of sp³-hybridized carbons (Fsp3) is 0.333. The van der Waals surface area contributed by atoms with Crippen molar-refractivity contribution in [3.63, 3.8) is 0 Å². The number of likely N-dealkylation sites (tertiary alicyclic amines) is 1. The fourth-order valence-corrected chi connectivity index (χ4v) is 4.30. The Labute approximate surface area is 138 Å². The predicted octanol–water partition coefficient (Wildman–Crippen LogP) is 4.19. The Morgan fingerprint density at radius 1 is 1.30 bits per heavy atom. The number of nitrogens with zero attached hydrogens (tertiary/aromatic N) is 2. The Bertz CT molecular complexity index is 776. The van der Waals surface area contributed by atoms with Crippen LogP contribution in [0.3, 0.4) is 0 Å². The quantitative estimate of drug-likeness (QED) is 0.722. The number of furan rings is 1. The van der Waals surface area contributed by atoms with E-state index in [1.54, 1.807) is 17.6 Å². The summed E-state index contributed by atoms with van der Waals surface area (Å²) in [5, 5.41) is 1.06. The first kappa shape index (κ1) is 14.5. The maximum atomic E-state index is 12.6. The van der Waals surface area contributed by atoms with Crippen LogP contribution in [-0.2, 0) is 11.2 Å². The van der Waals surface area contributed by atoms with Crippen LogP contribution < -0.4 is 0 Å². The molecule has 118 valence electrons. The van der Waals surface area contributed by atoms with Crippen LogP contribution in [-0.4, -0.2) is 22.3 Å². The molecule has 23 heavy (non-hydrogen) atoms. The van der Waals surface area contributed by atoms with Crippen molar-refractivity contribution in [3.8, 4) is 0 Å². The summed E-state index contributed by atoms with van der Waals surface area (Å²) < 4.78 is 6.51. The number of aryl methyl sites for hydroxylation is 1. The van der Waals surface area contributed by atoms with E-state index in [-0.39, 0.29) is 11.9 Å². The first-order chi connectivity index (χ1) is 11.3. The zero-order chi connectivity index (χ0) is 15.6. The van der Waals surface area contributed by atoms with Gasteiger partial charge < -0.3 is 9.32 Å². The molecule has 1 aliphatic rings. The van der Waals surface area contributed by atoms with Crippen molar-refractivity contribution in [2.24, 2.45) is 0 Å². The standard InChI is InChI=1S/C18H18N2O2S/c21-17(10-9-13-5-4-12-22-13)20-11-3-7-15(20)18-19-14-6-1-2-8-16(14)23-18/h1-2,4-6,8,12,15H,3,7,9-11H2. The molecule has 0 N–H and O–H groups in total. The van der Waals surface area contributed by atoms with Crippen molar-refractivity contribution < 1.29 is 9.21 Å². The largest absolute Gasteiger partial charge is 0.469 e. The SMILES string of the molecule is O=C(CCc1ccco1)N1CCCC1c1nc2ccccc2s1. The minimum atomic E-state index is 0.136. The van der Waals surface area contributed by atoms with Crippen molar-refractivity contribution in [1.82, 2.24) is 9.88 Å². The summed E-state index contributed by atoms with van der Waals surface area (Å²) in [6.07, 6.45) is 4.86. The normalized spacial score (nSPS) is 17.9. The van der Waals surface area contributed by atoms with Gasteiger partial charge in [0.25, 0.3) is 0 Å². The minimum absolute atomic E-state index is 0.136. The summed E-state index contributed by atoms with van der Waals surface area (Å²) in [5.74, 6) is 1.07. The van der Waals surface area contributed by atoms with Gasteiger partial charge in [-0.15, -0.1) is 11.3 Å². The summed E-state index contributed by atoms with van der Waals surface area (Å²) in [7, 11) is 0. The molecule has 5 heteroatoms. The summed E-state index contributed by atoms with van der Waals surface area (Å²) in [5.41, 5.74) is 1.03. The highest BCUT2D eigenvalue weighted by molar-refractivity contribution is 7.18. The maximum absolute atomic E-state index is 12.6. The number of aromatic nitrogens is 1. The fourth-order valence-electron chi connectivity index (χ4n) is 3.18. The van der Waals surface area contributed by atoms with Gasteiger partial charge in [-0.25, -0.2) is 4.98 Å². The molecule has 0 saturated carbocycles. The van der Waals surface area contributed by atoms with Crippen LogP contribution in [0.5, 0.6) is 0 Å². The van der Waals surface area contributed by atoms with Crippen LogP contribution in [0.1, 0.15) is 36.1 Å². The minimum Gasteiger partial charge on any atom is -0.469 e. The molecule has 0 radical (unpaired) electrons. The zero-order valence-electron chi connectivity index (χ0n) is 12.8. The molecule has 1 fully saturated rings. The number of carbonyl (C=O) groups is 1. The topological polar surface area (TPSA) is 46.3 Å². The molecule has 1 aliphatic heterocycles. The number of thiazole rings is 1. The number of carbonyl (C=O) groups excluding carboxylic acids is 1. The van der Waals surface area contributed by atoms with Gasteiger partial charge in [-0.2, -0.15) is 0 Å². The molecular weight excluding hydrogens is 308 g/mol. The summed E-state index contributed by atoms with van der Waals surface area (Å²) >= 11 is 1.71. The van der Waals surface area contributed by atoms with E-state index >= 15 is 0 Å². The monoisotopic (exact) mass is 326 g/mol. The van der Waals surface area contributed by atoms with Crippen molar-refractivity contribution in [2.75, 3.05) is 6.54 Å². The molecule has 4 rings (SSSR count). The van der Waals surface area contributed by atoms with Gasteiger partial charge in [-0.1, -0.05) is 12.1 Å². The smallest absolute Gasteiger partial charge is 0.223 e. The van der Waals surface area contributed by atoms with Crippen molar-refractivity contribution in [1.29, 1.82) is 0 Å². The molecule has 1 unspecified atom stereocenters. The summed E-state index contributed by atoms with van der Waals surface area (Å²) in [4.78, 5) is 19.3. The molecule has 1 atom stereocenters. The lowest BCUT2D eigenvalue weighted by Crippen LogP contribution is -2.30. The molecule has 3 aromatic rings. The van der Waals surface area contributed by atoms with E-state index < -0.39 is 0 Å². The van der Waals surface area contributed by atoms with Crippen LogP contribution in [0.25, 0.3) is 10.2 Å². The number of benzene rings is 1. The van der Waals surface area contributed by atoms with Crippen molar-refractivity contribution >= 4 is 27.5 Å². The molecule has 2 aromatic heterocycles. The highest BCUT2D eigenvalue weighted by atomic mass is 32.1. The van der Waals surface area contributed by atoms with E-state index in [4.69, 9.17) is 9.40 Å². The number of hydrogen-bond acceptors (Lipinski definition) is 4. The van der Waals surface area contributed by atoms with E-state index in [0.29, 0.717) is 12.8 Å². The number of hydrogen-bond donors (Lipinski definition) is 0. The molecule has 4 nitrogen and oxygen atoms in total. The van der Waals surface area contributed by atoms with Gasteiger partial charge in [-0.3, -0.25) is 4.79 Å². The molecule has 1 saturated heterocycles. The van der Waals surface area contributed by atoms with E-state index in [9.17, 15) is 4.79 Å². The van der Waals surface area contributed by atoms with Gasteiger partial charge in [0.05, 0.1) is 22.5 Å². The third-order valence-electron chi connectivity index (χ3n) is 4.33. The molecule has 0 bridgehead atoms. The van der Waals surface area contributed by atoms with Gasteiger partial charge in [0.15, 0.2) is 0 Å². The second kappa shape index (κ2) is 6.16. The maximum Gasteiger partial charge on any atom is 0.223 e. The third kappa shape index (κ3) is 2.88. The number of rotatable bonds is 4. The van der Waals surface area contributed by atoms with Gasteiger partial charge >= 0.3 is 0 Å². The van der Waals surface area contributed by atoms with Gasteiger partial charge in [-0.05, 0) is 37.1 Å². The second-order valence-corrected chi connectivity index (χ2v) is 6.91. The van der Waals surface area contributed by atoms with Gasteiger partial charge in [0.2, 0.25) is 5.91 Å². The average molecular weight is 326 g/mol. The summed E-state index contributed by atoms with van der Waals surface area (Å²) in [6.45, 7) is 0.831. The highest BCUT2D eigenvalue weighted by Crippen LogP contribution is 2.36. The predicted molar refractivity (Wildman–Crippen MR) is 90.3 cm³/mol. The third-order valence-corrected chi connectivity index (χ3v) is 5.47. The molecular formula is C18H18N2O2S. The zero-order valence-corrected chi connectivity index (χ0v) is 13.6. The average Bonchev–Trinajstić information content (AvgIpc) is 3.31. The number of amides is 1. The van der Waals surface area contributed by atoms with E-state index in [0.717, 1.165) is 35.7 Å². The van der Waals surface area contributed by atoms with Crippen LogP contribution in [0.4, 0.5) is 0 Å². The van der Waals surface area contributed by atoms with Crippen LogP contribution in [0.2, 0.25) is 0 Å². The second-order valence-electron chi connectivity index (χ2n) is 5.84. The molecule has 0 spiro atoms. The summed E-state index contributed by atoms with van der Waals surface area (Å²) in [6, 6.07) is 12.1. The Hall–Kier alpha value is -2.14. The lowest BCUT2D eigenvalue weighted by atomic mass is 10.2. The Morgan fingerprint density at radius 3 is 3.04 bits per heavy atom. The van der Waals surface area contributed by atoms with Gasteiger partial charge in [0, 0.05) is 19.4 Å². The Kier molecular flexibility index (Phi) is 3.87. The highest BCUT2D eigenvalue weighted by Gasteiger charge is 2.31. The molecule has 1 aromatic carbocycles. The Morgan fingerprint density at radius 2 is 2.22 bits per heavy atom. The molecule has 0 aliphatic carbocycles. The Balaban J connectivity index is 1.50. The van der Waals surface area contributed by atoms with Crippen LogP contribution >= 0.6 is 11.3 Å². The van der Waals surface area contributed by atoms with Crippen LogP contribution in [0.15, 0.2) is 47.1 Å². The van der Waals surface area contributed by atoms with Crippen molar-refractivity contribution in [2.45, 2.75) is 31.7 Å². The van der Waals surface area contributed by atoms with Crippen molar-refractivity contribution in [3.05, 3.63) is 53.4 Å². The number of fused-ring (bicyclic) bond motifs is 1. The number of para-hydroxylation sites is 1. The van der Waals surface area contributed by atoms with E-state index in [1.165, 1.54) is 4.70 Å². The van der Waals surface area contributed by atoms with E-state index in [1.807, 2.05) is 35.2 Å². The molecule has 3 heterocycles. The van der Waals surface area contributed by atoms with E-state index in [2.05, 4.69) is 6.07 Å². The lowest BCUT2D eigenvalue weighted by molar-refractivity contribution is -0.132. The lowest BCUT2D eigenvalue weighted by Gasteiger charge is -2.23. The first-order valence-corrected chi connectivity index (χ1v) is 8.80. The molecule has 1 amide bonds. The van der Waals surface area contributed by atoms with Gasteiger partial charge in [0.1, 0.15) is 10.8 Å².